The van der Waals surface area contributed by atoms with Crippen molar-refractivity contribution in [2.24, 2.45) is 0 Å². The number of hydrogen-bond acceptors (Lipinski definition) is 5. The number of benzene rings is 1. The molecule has 0 spiro atoms. The lowest BCUT2D eigenvalue weighted by atomic mass is 10.2. The third-order valence-electron chi connectivity index (χ3n) is 2.63. The quantitative estimate of drug-likeness (QED) is 0.915. The lowest BCUT2D eigenvalue weighted by Gasteiger charge is -2.09. The van der Waals surface area contributed by atoms with Crippen molar-refractivity contribution in [2.75, 3.05) is 19.5 Å². The normalized spacial score (nSPS) is 10.4. The number of nitrogens with zero attached hydrogens (tertiary/aromatic N) is 2. The molecule has 0 aliphatic heterocycles. The highest BCUT2D eigenvalue weighted by Gasteiger charge is 2.07. The van der Waals surface area contributed by atoms with Crippen LogP contribution in [-0.4, -0.2) is 24.1 Å². The van der Waals surface area contributed by atoms with Gasteiger partial charge in [-0.2, -0.15) is 4.98 Å². The van der Waals surface area contributed by atoms with Crippen molar-refractivity contribution in [3.8, 4) is 11.6 Å². The van der Waals surface area contributed by atoms with Crippen LogP contribution in [0.3, 0.4) is 0 Å². The molecule has 1 aromatic carbocycles. The minimum atomic E-state index is 0.325. The van der Waals surface area contributed by atoms with Gasteiger partial charge in [0, 0.05) is 25.2 Å². The van der Waals surface area contributed by atoms with E-state index < -0.39 is 0 Å². The summed E-state index contributed by atoms with van der Waals surface area (Å²) in [5.41, 5.74) is 0.948. The predicted octanol–water partition coefficient (Wildman–Crippen LogP) is 3.42. The van der Waals surface area contributed by atoms with E-state index in [2.05, 4.69) is 15.3 Å². The second kappa shape index (κ2) is 6.54. The second-order valence-corrected chi connectivity index (χ2v) is 4.61. The van der Waals surface area contributed by atoms with Crippen LogP contribution in [0, 0.1) is 6.92 Å². The Labute approximate surface area is 122 Å². The zero-order valence-electron chi connectivity index (χ0n) is 11.6. The summed E-state index contributed by atoms with van der Waals surface area (Å²) in [7, 11) is 3.38. The molecule has 0 fully saturated rings. The molecular weight excluding hydrogens is 278 g/mol. The molecule has 1 aromatic heterocycles. The predicted molar refractivity (Wildman–Crippen MR) is 78.6 cm³/mol. The van der Waals surface area contributed by atoms with Gasteiger partial charge in [-0.1, -0.05) is 11.6 Å². The Morgan fingerprint density at radius 1 is 1.25 bits per heavy atom. The fraction of sp³-hybridized carbons (Fsp3) is 0.286. The van der Waals surface area contributed by atoms with Gasteiger partial charge in [0.15, 0.2) is 5.82 Å². The summed E-state index contributed by atoms with van der Waals surface area (Å²) in [6.07, 6.45) is 0. The Bertz CT molecular complexity index is 605. The molecule has 0 amide bonds. The minimum Gasteiger partial charge on any atom is -0.439 e. The van der Waals surface area contributed by atoms with Gasteiger partial charge in [-0.15, -0.1) is 0 Å². The van der Waals surface area contributed by atoms with Crippen molar-refractivity contribution >= 4 is 17.4 Å². The highest BCUT2D eigenvalue weighted by Crippen LogP contribution is 2.26. The van der Waals surface area contributed by atoms with Crippen LogP contribution in [-0.2, 0) is 11.3 Å². The summed E-state index contributed by atoms with van der Waals surface area (Å²) in [5.74, 6) is 2.36. The van der Waals surface area contributed by atoms with Crippen LogP contribution in [0.25, 0.3) is 0 Å². The number of anilines is 1. The zero-order valence-corrected chi connectivity index (χ0v) is 12.4. The van der Waals surface area contributed by atoms with E-state index in [1.807, 2.05) is 13.0 Å². The van der Waals surface area contributed by atoms with Crippen LogP contribution in [0.1, 0.15) is 11.4 Å². The van der Waals surface area contributed by atoms with Gasteiger partial charge in [-0.05, 0) is 30.7 Å². The topological polar surface area (TPSA) is 56.3 Å². The summed E-state index contributed by atoms with van der Waals surface area (Å²) < 4.78 is 10.8. The lowest BCUT2D eigenvalue weighted by molar-refractivity contribution is 0.177. The smallest absolute Gasteiger partial charge is 0.224 e. The molecule has 6 heteroatoms. The molecule has 0 atom stereocenters. The molecule has 1 N–H and O–H groups in total. The first kappa shape index (κ1) is 14.6. The Balaban J connectivity index is 2.27. The van der Waals surface area contributed by atoms with Crippen molar-refractivity contribution in [2.45, 2.75) is 13.5 Å². The third kappa shape index (κ3) is 3.59. The van der Waals surface area contributed by atoms with Crippen molar-refractivity contribution in [3.63, 3.8) is 0 Å². The Morgan fingerprint density at radius 3 is 2.70 bits per heavy atom. The summed E-state index contributed by atoms with van der Waals surface area (Å²) >= 11 is 5.99. The monoisotopic (exact) mass is 293 g/mol. The molecule has 5 nitrogen and oxygen atoms in total. The minimum absolute atomic E-state index is 0.325. The van der Waals surface area contributed by atoms with E-state index in [0.29, 0.717) is 34.9 Å². The highest BCUT2D eigenvalue weighted by molar-refractivity contribution is 6.31. The first-order valence-corrected chi connectivity index (χ1v) is 6.49. The largest absolute Gasteiger partial charge is 0.439 e. The maximum atomic E-state index is 5.99. The van der Waals surface area contributed by atoms with Gasteiger partial charge in [-0.25, -0.2) is 4.98 Å². The zero-order chi connectivity index (χ0) is 14.5. The summed E-state index contributed by atoms with van der Waals surface area (Å²) in [4.78, 5) is 8.55. The van der Waals surface area contributed by atoms with Gasteiger partial charge in [0.2, 0.25) is 5.88 Å². The summed E-state index contributed by atoms with van der Waals surface area (Å²) in [6.45, 7) is 2.25. The molecule has 1 heterocycles. The number of aryl methyl sites for hydroxylation is 1. The standard InChI is InChI=1S/C14H16ClN3O2/c1-9-6-10(4-5-11(9)15)20-14-7-12(16-2)17-13(18-14)8-19-3/h4-7H,8H2,1-3H3,(H,16,17,18). The SMILES string of the molecule is CNc1cc(Oc2ccc(Cl)c(C)c2)nc(COC)n1. The van der Waals surface area contributed by atoms with E-state index in [1.165, 1.54) is 0 Å². The first-order valence-electron chi connectivity index (χ1n) is 6.11. The van der Waals surface area contributed by atoms with Crippen LogP contribution in [0.4, 0.5) is 5.82 Å². The molecule has 0 radical (unpaired) electrons. The molecule has 0 aliphatic rings. The van der Waals surface area contributed by atoms with Crippen LogP contribution in [0.15, 0.2) is 24.3 Å². The number of halogens is 1. The van der Waals surface area contributed by atoms with E-state index in [4.69, 9.17) is 21.1 Å². The van der Waals surface area contributed by atoms with Gasteiger partial charge < -0.3 is 14.8 Å². The van der Waals surface area contributed by atoms with Crippen molar-refractivity contribution in [1.29, 1.82) is 0 Å². The number of rotatable bonds is 5. The molecule has 0 aliphatic carbocycles. The second-order valence-electron chi connectivity index (χ2n) is 4.20. The van der Waals surface area contributed by atoms with Crippen molar-refractivity contribution in [3.05, 3.63) is 40.7 Å². The van der Waals surface area contributed by atoms with Crippen LogP contribution in [0.5, 0.6) is 11.6 Å². The van der Waals surface area contributed by atoms with Gasteiger partial charge in [0.05, 0.1) is 0 Å². The van der Waals surface area contributed by atoms with Gasteiger partial charge in [0.1, 0.15) is 18.2 Å². The molecule has 106 valence electrons. The van der Waals surface area contributed by atoms with Crippen LogP contribution in [0.2, 0.25) is 5.02 Å². The highest BCUT2D eigenvalue weighted by atomic mass is 35.5. The number of aromatic nitrogens is 2. The lowest BCUT2D eigenvalue weighted by Crippen LogP contribution is -2.03. The molecule has 0 bridgehead atoms. The van der Waals surface area contributed by atoms with Gasteiger partial charge in [0.25, 0.3) is 0 Å². The maximum Gasteiger partial charge on any atom is 0.224 e. The third-order valence-corrected chi connectivity index (χ3v) is 3.05. The first-order chi connectivity index (χ1) is 9.62. The average molecular weight is 294 g/mol. The van der Waals surface area contributed by atoms with Gasteiger partial charge >= 0.3 is 0 Å². The summed E-state index contributed by atoms with van der Waals surface area (Å²) in [6, 6.07) is 7.18. The van der Waals surface area contributed by atoms with Crippen molar-refractivity contribution < 1.29 is 9.47 Å². The number of hydrogen-bond donors (Lipinski definition) is 1. The van der Waals surface area contributed by atoms with E-state index in [1.54, 1.807) is 32.4 Å². The number of nitrogens with one attached hydrogen (secondary N) is 1. The molecular formula is C14H16ClN3O2. The number of methoxy groups -OCH3 is 1. The molecule has 2 rings (SSSR count). The summed E-state index contributed by atoms with van der Waals surface area (Å²) in [5, 5.41) is 3.67. The average Bonchev–Trinajstić information content (AvgIpc) is 2.43. The van der Waals surface area contributed by atoms with Gasteiger partial charge in [-0.3, -0.25) is 0 Å². The molecule has 0 saturated carbocycles. The molecule has 20 heavy (non-hydrogen) atoms. The van der Waals surface area contributed by atoms with Crippen LogP contribution >= 0.6 is 11.6 Å². The van der Waals surface area contributed by atoms with Crippen LogP contribution < -0.4 is 10.1 Å². The fourth-order valence-corrected chi connectivity index (χ4v) is 1.77. The number of ether oxygens (including phenoxy) is 2. The van der Waals surface area contributed by atoms with E-state index in [-0.39, 0.29) is 0 Å². The van der Waals surface area contributed by atoms with E-state index >= 15 is 0 Å². The Hall–Kier alpha value is -1.85. The molecule has 2 aromatic rings. The Kier molecular flexibility index (Phi) is 4.76. The molecule has 0 unspecified atom stereocenters. The Morgan fingerprint density at radius 2 is 2.05 bits per heavy atom. The van der Waals surface area contributed by atoms with E-state index in [9.17, 15) is 0 Å². The van der Waals surface area contributed by atoms with E-state index in [0.717, 1.165) is 5.56 Å². The molecule has 0 saturated heterocycles. The van der Waals surface area contributed by atoms with Crippen molar-refractivity contribution in [1.82, 2.24) is 9.97 Å². The maximum absolute atomic E-state index is 5.99. The fourth-order valence-electron chi connectivity index (χ4n) is 1.65.